The average Bonchev–Trinajstić information content (AvgIpc) is 2.53. The number of hydrogen-bond acceptors (Lipinski definition) is 2. The summed E-state index contributed by atoms with van der Waals surface area (Å²) >= 11 is 5.96. The number of nitrogens with zero attached hydrogens (tertiary/aromatic N) is 1. The second-order valence-corrected chi connectivity index (χ2v) is 6.01. The van der Waals surface area contributed by atoms with Crippen LogP contribution in [0.4, 0.5) is 0 Å². The number of nitrogens with two attached hydrogens (primary N) is 1. The average molecular weight is 328 g/mol. The highest BCUT2D eigenvalue weighted by Gasteiger charge is 2.34. The van der Waals surface area contributed by atoms with Crippen molar-refractivity contribution < 1.29 is 9.59 Å². The Hall–Kier alpha value is -2.33. The molecule has 2 amide bonds. The molecule has 1 aliphatic heterocycles. The van der Waals surface area contributed by atoms with Gasteiger partial charge in [-0.1, -0.05) is 41.9 Å². The van der Waals surface area contributed by atoms with Gasteiger partial charge >= 0.3 is 0 Å². The van der Waals surface area contributed by atoms with Crippen molar-refractivity contribution >= 4 is 23.4 Å². The van der Waals surface area contributed by atoms with Crippen LogP contribution < -0.4 is 5.73 Å². The van der Waals surface area contributed by atoms with Crippen LogP contribution in [0.2, 0.25) is 5.02 Å². The molecule has 4 nitrogen and oxygen atoms in total. The molecule has 1 atom stereocenters. The monoisotopic (exact) mass is 327 g/mol. The summed E-state index contributed by atoms with van der Waals surface area (Å²) in [5.41, 5.74) is 8.19. The molecule has 2 aromatic rings. The molecule has 2 N–H and O–H groups in total. The number of amides is 2. The highest BCUT2D eigenvalue weighted by molar-refractivity contribution is 6.30. The Bertz CT molecular complexity index is 760. The van der Waals surface area contributed by atoms with Crippen molar-refractivity contribution in [3.05, 3.63) is 70.2 Å². The van der Waals surface area contributed by atoms with Crippen LogP contribution in [0.5, 0.6) is 0 Å². The van der Waals surface area contributed by atoms with Gasteiger partial charge in [0.25, 0.3) is 0 Å². The van der Waals surface area contributed by atoms with E-state index in [0.29, 0.717) is 18.0 Å². The number of carbonyl (C=O) groups is 2. The number of carbonyl (C=O) groups excluding carboxylic acids is 2. The van der Waals surface area contributed by atoms with Gasteiger partial charge in [-0.2, -0.15) is 0 Å². The van der Waals surface area contributed by atoms with Gasteiger partial charge in [0.15, 0.2) is 0 Å². The van der Waals surface area contributed by atoms with Gasteiger partial charge in [-0.25, -0.2) is 0 Å². The Balaban J connectivity index is 1.87. The van der Waals surface area contributed by atoms with E-state index in [4.69, 9.17) is 17.3 Å². The Kier molecular flexibility index (Phi) is 4.35. The highest BCUT2D eigenvalue weighted by Crippen LogP contribution is 2.30. The molecule has 0 aliphatic carbocycles. The fraction of sp³-hybridized carbons (Fsp3) is 0.222. The molecule has 2 aromatic carbocycles. The van der Waals surface area contributed by atoms with E-state index in [-0.39, 0.29) is 12.3 Å². The number of rotatable bonds is 3. The van der Waals surface area contributed by atoms with E-state index in [1.54, 1.807) is 29.2 Å². The third-order valence-corrected chi connectivity index (χ3v) is 4.29. The minimum Gasteiger partial charge on any atom is -0.368 e. The zero-order valence-corrected chi connectivity index (χ0v) is 13.2. The van der Waals surface area contributed by atoms with Crippen LogP contribution in [0, 0.1) is 6.07 Å². The van der Waals surface area contributed by atoms with E-state index >= 15 is 0 Å². The fourth-order valence-corrected chi connectivity index (χ4v) is 3.21. The van der Waals surface area contributed by atoms with Crippen molar-refractivity contribution in [3.63, 3.8) is 0 Å². The van der Waals surface area contributed by atoms with Crippen molar-refractivity contribution in [1.82, 2.24) is 4.90 Å². The van der Waals surface area contributed by atoms with Gasteiger partial charge in [0.2, 0.25) is 11.8 Å². The van der Waals surface area contributed by atoms with Crippen LogP contribution in [-0.2, 0) is 22.4 Å². The second kappa shape index (κ2) is 6.42. The van der Waals surface area contributed by atoms with E-state index in [0.717, 1.165) is 16.7 Å². The van der Waals surface area contributed by atoms with Gasteiger partial charge in [-0.15, -0.1) is 0 Å². The van der Waals surface area contributed by atoms with E-state index < -0.39 is 11.9 Å². The van der Waals surface area contributed by atoms with Crippen LogP contribution in [0.3, 0.4) is 0 Å². The minimum absolute atomic E-state index is 0.130. The van der Waals surface area contributed by atoms with Crippen molar-refractivity contribution in [2.24, 2.45) is 5.73 Å². The number of primary amides is 1. The topological polar surface area (TPSA) is 63.4 Å². The molecule has 23 heavy (non-hydrogen) atoms. The van der Waals surface area contributed by atoms with Gasteiger partial charge in [0.1, 0.15) is 6.04 Å². The number of hydrogen-bond donors (Lipinski definition) is 1. The molecule has 3 rings (SSSR count). The summed E-state index contributed by atoms with van der Waals surface area (Å²) in [6.07, 6.45) is 0.885. The van der Waals surface area contributed by atoms with Crippen molar-refractivity contribution in [2.75, 3.05) is 6.54 Å². The van der Waals surface area contributed by atoms with E-state index in [1.807, 2.05) is 18.2 Å². The van der Waals surface area contributed by atoms with Gasteiger partial charge < -0.3 is 10.6 Å². The zero-order chi connectivity index (χ0) is 16.4. The predicted molar refractivity (Wildman–Crippen MR) is 87.8 cm³/mol. The number of halogens is 1. The number of fused-ring (bicyclic) bond motifs is 1. The number of benzene rings is 2. The molecule has 0 saturated heterocycles. The Morgan fingerprint density at radius 1 is 1.35 bits per heavy atom. The Morgan fingerprint density at radius 2 is 2.17 bits per heavy atom. The molecule has 1 unspecified atom stereocenters. The minimum atomic E-state index is -0.722. The molecule has 0 aromatic heterocycles. The first-order chi connectivity index (χ1) is 11.1. The van der Waals surface area contributed by atoms with E-state index in [9.17, 15) is 9.59 Å². The molecular formula is C18H16ClN2O2. The summed E-state index contributed by atoms with van der Waals surface area (Å²) in [6, 6.07) is 14.8. The third-order valence-electron chi connectivity index (χ3n) is 4.05. The highest BCUT2D eigenvalue weighted by atomic mass is 35.5. The standard InChI is InChI=1S/C18H16ClN2O2/c19-14-6-3-4-12(10-14)11-16(22)21-9-8-13-5-1-2-7-15(13)17(21)18(20)23/h2-7,10,17H,8-9,11H2,(H2,20,23). The van der Waals surface area contributed by atoms with Gasteiger partial charge in [0.05, 0.1) is 6.42 Å². The smallest absolute Gasteiger partial charge is 0.244 e. The summed E-state index contributed by atoms with van der Waals surface area (Å²) in [5.74, 6) is -0.647. The quantitative estimate of drug-likeness (QED) is 0.940. The third kappa shape index (κ3) is 3.22. The lowest BCUT2D eigenvalue weighted by atomic mass is 9.91. The zero-order valence-electron chi connectivity index (χ0n) is 12.5. The maximum Gasteiger partial charge on any atom is 0.244 e. The molecule has 1 radical (unpaired) electrons. The van der Waals surface area contributed by atoms with Crippen molar-refractivity contribution in [2.45, 2.75) is 18.9 Å². The summed E-state index contributed by atoms with van der Waals surface area (Å²) in [6.45, 7) is 0.470. The van der Waals surface area contributed by atoms with Crippen LogP contribution in [0.25, 0.3) is 0 Å². The normalized spacial score (nSPS) is 16.7. The van der Waals surface area contributed by atoms with Crippen LogP contribution in [0.15, 0.2) is 42.5 Å². The van der Waals surface area contributed by atoms with E-state index in [2.05, 4.69) is 6.07 Å². The summed E-state index contributed by atoms with van der Waals surface area (Å²) in [4.78, 5) is 26.2. The molecule has 1 aliphatic rings. The van der Waals surface area contributed by atoms with Crippen LogP contribution >= 0.6 is 11.6 Å². The molecular weight excluding hydrogens is 312 g/mol. The maximum atomic E-state index is 12.7. The largest absolute Gasteiger partial charge is 0.368 e. The fourth-order valence-electron chi connectivity index (χ4n) is 3.00. The Labute approximate surface area is 139 Å². The summed E-state index contributed by atoms with van der Waals surface area (Å²) < 4.78 is 0. The van der Waals surface area contributed by atoms with Crippen molar-refractivity contribution in [1.29, 1.82) is 0 Å². The second-order valence-electron chi connectivity index (χ2n) is 5.57. The molecule has 1 heterocycles. The summed E-state index contributed by atoms with van der Waals surface area (Å²) in [7, 11) is 0. The molecule has 0 spiro atoms. The first-order valence-electron chi connectivity index (χ1n) is 7.38. The first kappa shape index (κ1) is 15.6. The van der Waals surface area contributed by atoms with Crippen LogP contribution in [-0.4, -0.2) is 23.3 Å². The predicted octanol–water partition coefficient (Wildman–Crippen LogP) is 2.29. The lowest BCUT2D eigenvalue weighted by Crippen LogP contribution is -2.46. The SMILES string of the molecule is NC(=O)C1c2cc[c]cc2CCN1C(=O)Cc1cccc(Cl)c1. The van der Waals surface area contributed by atoms with Crippen molar-refractivity contribution in [3.8, 4) is 0 Å². The first-order valence-corrected chi connectivity index (χ1v) is 7.76. The lowest BCUT2D eigenvalue weighted by Gasteiger charge is -2.35. The van der Waals surface area contributed by atoms with Gasteiger partial charge in [-0.3, -0.25) is 9.59 Å². The van der Waals surface area contributed by atoms with Gasteiger partial charge in [0, 0.05) is 11.6 Å². The molecule has 117 valence electrons. The van der Waals surface area contributed by atoms with Crippen LogP contribution in [0.1, 0.15) is 22.7 Å². The summed E-state index contributed by atoms with van der Waals surface area (Å²) in [5, 5.41) is 0.585. The lowest BCUT2D eigenvalue weighted by molar-refractivity contribution is -0.139. The maximum absolute atomic E-state index is 12.7. The van der Waals surface area contributed by atoms with Gasteiger partial charge in [-0.05, 0) is 41.3 Å². The Morgan fingerprint density at radius 3 is 2.91 bits per heavy atom. The molecule has 5 heteroatoms. The molecule has 0 bridgehead atoms. The van der Waals surface area contributed by atoms with E-state index in [1.165, 1.54) is 0 Å². The molecule has 0 fully saturated rings. The molecule has 0 saturated carbocycles.